The summed E-state index contributed by atoms with van der Waals surface area (Å²) in [5.41, 5.74) is 2.19. The molecule has 16 heavy (non-hydrogen) atoms. The Morgan fingerprint density at radius 3 is 2.50 bits per heavy atom. The van der Waals surface area contributed by atoms with Crippen molar-refractivity contribution in [2.45, 2.75) is 25.7 Å². The molecular weight excluding hydrogens is 234 g/mol. The Labute approximate surface area is 102 Å². The molecule has 0 bridgehead atoms. The number of fused-ring (bicyclic) bond motifs is 1. The van der Waals surface area contributed by atoms with Crippen LogP contribution < -0.4 is 0 Å². The molecule has 0 aliphatic heterocycles. The molecule has 0 aliphatic carbocycles. The van der Waals surface area contributed by atoms with E-state index in [4.69, 9.17) is 11.6 Å². The maximum atomic E-state index is 5.97. The van der Waals surface area contributed by atoms with E-state index in [0.29, 0.717) is 0 Å². The van der Waals surface area contributed by atoms with Gasteiger partial charge >= 0.3 is 0 Å². The highest BCUT2D eigenvalue weighted by Gasteiger charge is 2.14. The summed E-state index contributed by atoms with van der Waals surface area (Å²) in [4.78, 5) is 4.67. The molecule has 0 radical (unpaired) electrons. The number of pyridine rings is 1. The maximum Gasteiger partial charge on any atom is 0.0719 e. The summed E-state index contributed by atoms with van der Waals surface area (Å²) in [6, 6.07) is 11.2. The van der Waals surface area contributed by atoms with Crippen molar-refractivity contribution in [3.8, 4) is 0 Å². The minimum Gasteiger partial charge on any atom is -0.253 e. The van der Waals surface area contributed by atoms with Gasteiger partial charge in [0, 0.05) is 16.1 Å². The Kier molecular flexibility index (Phi) is 3.04. The average Bonchev–Trinajstić information content (AvgIpc) is 2.14. The lowest BCUT2D eigenvalue weighted by Crippen LogP contribution is -2.24. The molecule has 0 N–H and O–H groups in total. The number of nitrogens with zero attached hydrogens (tertiary/aromatic N) is 1. The summed E-state index contributed by atoms with van der Waals surface area (Å²) < 4.78 is 0. The first kappa shape index (κ1) is 11.6. The van der Waals surface area contributed by atoms with Gasteiger partial charge in [-0.15, -0.1) is 0 Å². The smallest absolute Gasteiger partial charge is 0.0719 e. The molecule has 0 unspecified atom stereocenters. The van der Waals surface area contributed by atoms with Crippen molar-refractivity contribution in [2.24, 2.45) is 0 Å². The molecule has 3 heteroatoms. The van der Waals surface area contributed by atoms with Gasteiger partial charge in [-0.3, -0.25) is 4.98 Å². The minimum atomic E-state index is -1.09. The van der Waals surface area contributed by atoms with Crippen molar-refractivity contribution >= 4 is 30.6 Å². The first-order valence-electron chi connectivity index (χ1n) is 5.49. The third-order valence-electron chi connectivity index (χ3n) is 2.42. The maximum absolute atomic E-state index is 5.97. The fourth-order valence-electron chi connectivity index (χ4n) is 1.77. The summed E-state index contributed by atoms with van der Waals surface area (Å²) >= 11 is 5.97. The number of hydrogen-bond acceptors (Lipinski definition) is 1. The second-order valence-corrected chi connectivity index (χ2v) is 11.3. The Morgan fingerprint density at radius 1 is 1.12 bits per heavy atom. The van der Waals surface area contributed by atoms with Gasteiger partial charge in [0.1, 0.15) is 0 Å². The number of hydrogen-bond donors (Lipinski definition) is 0. The topological polar surface area (TPSA) is 12.9 Å². The molecule has 1 aromatic heterocycles. The standard InChI is InChI=1S/C13H16ClNSi/c1-16(2,3)9-12-7-5-10-4-6-11(14)8-13(10)15-12/h4-8H,9H2,1-3H3. The highest BCUT2D eigenvalue weighted by atomic mass is 35.5. The normalized spacial score (nSPS) is 12.0. The molecular formula is C13H16ClNSi. The van der Waals surface area contributed by atoms with Crippen LogP contribution in [0, 0.1) is 0 Å². The van der Waals surface area contributed by atoms with Gasteiger partial charge in [0.25, 0.3) is 0 Å². The van der Waals surface area contributed by atoms with E-state index in [1.165, 1.54) is 5.69 Å². The van der Waals surface area contributed by atoms with Gasteiger partial charge in [0.05, 0.1) is 13.6 Å². The zero-order valence-electron chi connectivity index (χ0n) is 9.92. The average molecular weight is 250 g/mol. The first-order chi connectivity index (χ1) is 7.44. The zero-order valence-corrected chi connectivity index (χ0v) is 11.7. The van der Waals surface area contributed by atoms with E-state index in [1.54, 1.807) is 0 Å². The predicted molar refractivity (Wildman–Crippen MR) is 73.8 cm³/mol. The van der Waals surface area contributed by atoms with E-state index in [0.717, 1.165) is 22.0 Å². The molecule has 0 saturated carbocycles. The van der Waals surface area contributed by atoms with Crippen LogP contribution in [-0.2, 0) is 6.04 Å². The molecule has 1 heterocycles. The van der Waals surface area contributed by atoms with E-state index in [9.17, 15) is 0 Å². The fraction of sp³-hybridized carbons (Fsp3) is 0.308. The van der Waals surface area contributed by atoms with Crippen LogP contribution in [-0.4, -0.2) is 13.1 Å². The van der Waals surface area contributed by atoms with Crippen LogP contribution in [0.15, 0.2) is 30.3 Å². The van der Waals surface area contributed by atoms with Gasteiger partial charge in [0.15, 0.2) is 0 Å². The summed E-state index contributed by atoms with van der Waals surface area (Å²) in [5, 5.41) is 1.91. The lowest BCUT2D eigenvalue weighted by Gasteiger charge is -2.15. The van der Waals surface area contributed by atoms with E-state index in [2.05, 4.69) is 36.8 Å². The molecule has 0 spiro atoms. The molecule has 84 valence electrons. The molecule has 2 rings (SSSR count). The zero-order chi connectivity index (χ0) is 11.8. The number of benzene rings is 1. The summed E-state index contributed by atoms with van der Waals surface area (Å²) in [7, 11) is -1.09. The lowest BCUT2D eigenvalue weighted by atomic mass is 10.2. The van der Waals surface area contributed by atoms with Crippen molar-refractivity contribution < 1.29 is 0 Å². The van der Waals surface area contributed by atoms with Gasteiger partial charge in [-0.25, -0.2) is 0 Å². The SMILES string of the molecule is C[Si](C)(C)Cc1ccc2ccc(Cl)cc2n1. The van der Waals surface area contributed by atoms with Crippen molar-refractivity contribution in [1.29, 1.82) is 0 Å². The van der Waals surface area contributed by atoms with E-state index in [-0.39, 0.29) is 0 Å². The number of aromatic nitrogens is 1. The quantitative estimate of drug-likeness (QED) is 0.723. The van der Waals surface area contributed by atoms with Gasteiger partial charge in [0.2, 0.25) is 0 Å². The van der Waals surface area contributed by atoms with Gasteiger partial charge in [-0.1, -0.05) is 43.4 Å². The third kappa shape index (κ3) is 2.83. The molecule has 0 fully saturated rings. The molecule has 1 aromatic carbocycles. The summed E-state index contributed by atoms with van der Waals surface area (Å²) in [6.45, 7) is 7.07. The van der Waals surface area contributed by atoms with Crippen LogP contribution >= 0.6 is 11.6 Å². The number of halogens is 1. The monoisotopic (exact) mass is 249 g/mol. The largest absolute Gasteiger partial charge is 0.253 e. The predicted octanol–water partition coefficient (Wildman–Crippen LogP) is 4.31. The fourth-order valence-corrected chi connectivity index (χ4v) is 3.22. The molecule has 0 atom stereocenters. The van der Waals surface area contributed by atoms with Crippen molar-refractivity contribution in [2.75, 3.05) is 0 Å². The Balaban J connectivity index is 2.43. The third-order valence-corrected chi connectivity index (χ3v) is 4.08. The van der Waals surface area contributed by atoms with Crippen molar-refractivity contribution in [3.63, 3.8) is 0 Å². The van der Waals surface area contributed by atoms with E-state index in [1.807, 2.05) is 18.2 Å². The Hall–Kier alpha value is -0.863. The molecule has 2 aromatic rings. The summed E-state index contributed by atoms with van der Waals surface area (Å²) in [6.07, 6.45) is 0. The van der Waals surface area contributed by atoms with Crippen LogP contribution in [0.3, 0.4) is 0 Å². The second-order valence-electron chi connectivity index (χ2n) is 5.38. The molecule has 1 nitrogen and oxygen atoms in total. The molecule has 0 amide bonds. The Morgan fingerprint density at radius 2 is 1.81 bits per heavy atom. The van der Waals surface area contributed by atoms with Gasteiger partial charge in [-0.2, -0.15) is 0 Å². The lowest BCUT2D eigenvalue weighted by molar-refractivity contribution is 1.17. The first-order valence-corrected chi connectivity index (χ1v) is 9.58. The minimum absolute atomic E-state index is 0.755. The molecule has 0 aliphatic rings. The highest BCUT2D eigenvalue weighted by Crippen LogP contribution is 2.19. The van der Waals surface area contributed by atoms with E-state index < -0.39 is 8.07 Å². The van der Waals surface area contributed by atoms with Crippen LogP contribution in [0.5, 0.6) is 0 Å². The second kappa shape index (κ2) is 4.19. The van der Waals surface area contributed by atoms with Crippen LogP contribution in [0.2, 0.25) is 24.7 Å². The summed E-state index contributed by atoms with van der Waals surface area (Å²) in [5.74, 6) is 0. The van der Waals surface area contributed by atoms with Crippen LogP contribution in [0.25, 0.3) is 10.9 Å². The van der Waals surface area contributed by atoms with Gasteiger partial charge < -0.3 is 0 Å². The number of rotatable bonds is 2. The van der Waals surface area contributed by atoms with Gasteiger partial charge in [-0.05, 0) is 24.2 Å². The van der Waals surface area contributed by atoms with Crippen molar-refractivity contribution in [3.05, 3.63) is 41.0 Å². The Bertz CT molecular complexity index is 517. The van der Waals surface area contributed by atoms with Crippen LogP contribution in [0.1, 0.15) is 5.69 Å². The molecule has 0 saturated heterocycles. The van der Waals surface area contributed by atoms with Crippen molar-refractivity contribution in [1.82, 2.24) is 4.98 Å². The van der Waals surface area contributed by atoms with E-state index >= 15 is 0 Å². The van der Waals surface area contributed by atoms with Crippen LogP contribution in [0.4, 0.5) is 0 Å². The highest BCUT2D eigenvalue weighted by molar-refractivity contribution is 6.75.